The molecule has 0 amide bonds. The first-order valence-corrected chi connectivity index (χ1v) is 7.47. The van der Waals surface area contributed by atoms with Crippen molar-refractivity contribution in [1.29, 1.82) is 0 Å². The van der Waals surface area contributed by atoms with E-state index in [0.717, 1.165) is 0 Å². The predicted octanol–water partition coefficient (Wildman–Crippen LogP) is 4.26. The van der Waals surface area contributed by atoms with Crippen LogP contribution in [0.25, 0.3) is 0 Å². The fourth-order valence-corrected chi connectivity index (χ4v) is 2.07. The Morgan fingerprint density at radius 2 is 1.04 bits per heavy atom. The van der Waals surface area contributed by atoms with Crippen LogP contribution in [0.15, 0.2) is 78.9 Å². The van der Waals surface area contributed by atoms with Crippen molar-refractivity contribution in [2.75, 3.05) is 0 Å². The molecule has 0 unspecified atom stereocenters. The maximum atomic E-state index is 12.9. The van der Waals surface area contributed by atoms with Crippen molar-refractivity contribution in [3.05, 3.63) is 95.8 Å². The van der Waals surface area contributed by atoms with Gasteiger partial charge in [0, 0.05) is 0 Å². The molecule has 3 aromatic carbocycles. The average molecular weight is 336 g/mol. The Labute approximate surface area is 143 Å². The summed E-state index contributed by atoms with van der Waals surface area (Å²) in [7, 11) is 0. The van der Waals surface area contributed by atoms with Crippen LogP contribution in [-0.2, 0) is 0 Å². The van der Waals surface area contributed by atoms with Gasteiger partial charge in [-0.05, 0) is 60.7 Å². The molecule has 0 atom stereocenters. The molecular weight excluding hydrogens is 323 g/mol. The topological polar surface area (TPSA) is 52.6 Å². The summed E-state index contributed by atoms with van der Waals surface area (Å²) in [5.41, 5.74) is 0.555. The van der Waals surface area contributed by atoms with E-state index in [1.165, 1.54) is 48.5 Å². The van der Waals surface area contributed by atoms with Crippen molar-refractivity contribution in [3.8, 4) is 11.5 Å². The van der Waals surface area contributed by atoms with Gasteiger partial charge < -0.3 is 9.47 Å². The number of ether oxygens (including phenoxy) is 2. The van der Waals surface area contributed by atoms with Gasteiger partial charge in [0.15, 0.2) is 0 Å². The third-order valence-corrected chi connectivity index (χ3v) is 3.33. The number of carbonyl (C=O) groups is 2. The average Bonchev–Trinajstić information content (AvgIpc) is 2.63. The van der Waals surface area contributed by atoms with Crippen molar-refractivity contribution >= 4 is 11.9 Å². The second-order valence-electron chi connectivity index (χ2n) is 5.12. The van der Waals surface area contributed by atoms with Crippen LogP contribution in [0.2, 0.25) is 0 Å². The standard InChI is InChI=1S/C20H13FO4/c21-16-10-6-14(7-11-16)19(22)25-18-12-8-15(9-13-18)20(23)24-17-4-2-1-3-5-17/h1-13H. The lowest BCUT2D eigenvalue weighted by Crippen LogP contribution is -2.10. The highest BCUT2D eigenvalue weighted by Gasteiger charge is 2.11. The SMILES string of the molecule is O=C(Oc1ccc(C(=O)Oc2ccccc2)cc1)c1ccc(F)cc1. The van der Waals surface area contributed by atoms with E-state index in [4.69, 9.17) is 9.47 Å². The molecule has 5 heteroatoms. The minimum absolute atomic E-state index is 0.231. The molecular formula is C20H13FO4. The largest absolute Gasteiger partial charge is 0.423 e. The fourth-order valence-electron chi connectivity index (χ4n) is 2.07. The molecule has 0 bridgehead atoms. The van der Waals surface area contributed by atoms with Crippen molar-refractivity contribution in [1.82, 2.24) is 0 Å². The maximum absolute atomic E-state index is 12.9. The van der Waals surface area contributed by atoms with Gasteiger partial charge in [-0.1, -0.05) is 18.2 Å². The molecule has 25 heavy (non-hydrogen) atoms. The van der Waals surface area contributed by atoms with E-state index in [0.29, 0.717) is 11.3 Å². The summed E-state index contributed by atoms with van der Waals surface area (Å²) < 4.78 is 23.3. The Kier molecular flexibility index (Phi) is 4.85. The molecule has 0 spiro atoms. The van der Waals surface area contributed by atoms with Crippen LogP contribution in [0.5, 0.6) is 11.5 Å². The van der Waals surface area contributed by atoms with Crippen LogP contribution in [0.3, 0.4) is 0 Å². The molecule has 0 aliphatic heterocycles. The first kappa shape index (κ1) is 16.4. The van der Waals surface area contributed by atoms with Gasteiger partial charge in [0.2, 0.25) is 0 Å². The van der Waals surface area contributed by atoms with E-state index in [1.54, 1.807) is 24.3 Å². The van der Waals surface area contributed by atoms with E-state index in [2.05, 4.69) is 0 Å². The van der Waals surface area contributed by atoms with Gasteiger partial charge >= 0.3 is 11.9 Å². The number of para-hydroxylation sites is 1. The molecule has 124 valence electrons. The van der Waals surface area contributed by atoms with Gasteiger partial charge in [-0.15, -0.1) is 0 Å². The molecule has 0 N–H and O–H groups in total. The van der Waals surface area contributed by atoms with Gasteiger partial charge in [0.25, 0.3) is 0 Å². The lowest BCUT2D eigenvalue weighted by molar-refractivity contribution is 0.0730. The number of halogens is 1. The van der Waals surface area contributed by atoms with Gasteiger partial charge in [0.1, 0.15) is 17.3 Å². The van der Waals surface area contributed by atoms with Crippen LogP contribution >= 0.6 is 0 Å². The van der Waals surface area contributed by atoms with Gasteiger partial charge in [0.05, 0.1) is 11.1 Å². The van der Waals surface area contributed by atoms with Gasteiger partial charge in [-0.2, -0.15) is 0 Å². The summed E-state index contributed by atoms with van der Waals surface area (Å²) in [6.07, 6.45) is 0. The maximum Gasteiger partial charge on any atom is 0.343 e. The van der Waals surface area contributed by atoms with Crippen LogP contribution < -0.4 is 9.47 Å². The monoisotopic (exact) mass is 336 g/mol. The molecule has 4 nitrogen and oxygen atoms in total. The van der Waals surface area contributed by atoms with E-state index in [1.807, 2.05) is 6.07 Å². The number of carbonyl (C=O) groups excluding carboxylic acids is 2. The summed E-state index contributed by atoms with van der Waals surface area (Å²) in [5.74, 6) is -0.843. The number of hydrogen-bond donors (Lipinski definition) is 0. The van der Waals surface area contributed by atoms with E-state index in [-0.39, 0.29) is 11.3 Å². The van der Waals surface area contributed by atoms with Crippen molar-refractivity contribution < 1.29 is 23.5 Å². The van der Waals surface area contributed by atoms with Crippen molar-refractivity contribution in [3.63, 3.8) is 0 Å². The first-order valence-electron chi connectivity index (χ1n) is 7.47. The van der Waals surface area contributed by atoms with Crippen LogP contribution in [0.4, 0.5) is 4.39 Å². The third-order valence-electron chi connectivity index (χ3n) is 3.33. The number of rotatable bonds is 4. The minimum Gasteiger partial charge on any atom is -0.423 e. The highest BCUT2D eigenvalue weighted by molar-refractivity contribution is 5.92. The molecule has 0 fully saturated rings. The van der Waals surface area contributed by atoms with E-state index < -0.39 is 17.8 Å². The van der Waals surface area contributed by atoms with Crippen LogP contribution in [0.1, 0.15) is 20.7 Å². The fraction of sp³-hybridized carbons (Fsp3) is 0. The summed E-state index contributed by atoms with van der Waals surface area (Å²) in [6.45, 7) is 0. The van der Waals surface area contributed by atoms with Gasteiger partial charge in [-0.3, -0.25) is 0 Å². The predicted molar refractivity (Wildman–Crippen MR) is 89.2 cm³/mol. The van der Waals surface area contributed by atoms with Crippen LogP contribution in [-0.4, -0.2) is 11.9 Å². The summed E-state index contributed by atoms with van der Waals surface area (Å²) in [4.78, 5) is 24.0. The van der Waals surface area contributed by atoms with Gasteiger partial charge in [-0.25, -0.2) is 14.0 Å². The first-order chi connectivity index (χ1) is 12.1. The van der Waals surface area contributed by atoms with Crippen molar-refractivity contribution in [2.45, 2.75) is 0 Å². The summed E-state index contributed by atoms with van der Waals surface area (Å²) in [6, 6.07) is 19.7. The molecule has 0 aromatic heterocycles. The lowest BCUT2D eigenvalue weighted by Gasteiger charge is -2.06. The molecule has 0 saturated carbocycles. The normalized spacial score (nSPS) is 10.1. The molecule has 0 aliphatic carbocycles. The molecule has 0 radical (unpaired) electrons. The number of benzene rings is 3. The molecule has 3 aromatic rings. The lowest BCUT2D eigenvalue weighted by atomic mass is 10.2. The third kappa shape index (κ3) is 4.29. The highest BCUT2D eigenvalue weighted by Crippen LogP contribution is 2.17. The molecule has 3 rings (SSSR count). The Balaban J connectivity index is 1.64. The van der Waals surface area contributed by atoms with E-state index in [9.17, 15) is 14.0 Å². The Hall–Kier alpha value is -3.47. The second kappa shape index (κ2) is 7.40. The number of hydrogen-bond acceptors (Lipinski definition) is 4. The Morgan fingerprint density at radius 1 is 0.600 bits per heavy atom. The summed E-state index contributed by atoms with van der Waals surface area (Å²) >= 11 is 0. The smallest absolute Gasteiger partial charge is 0.343 e. The molecule has 0 heterocycles. The Bertz CT molecular complexity index is 872. The molecule has 0 aliphatic rings. The second-order valence-corrected chi connectivity index (χ2v) is 5.12. The Morgan fingerprint density at radius 3 is 1.56 bits per heavy atom. The zero-order chi connectivity index (χ0) is 17.6. The summed E-state index contributed by atoms with van der Waals surface area (Å²) in [5, 5.41) is 0. The van der Waals surface area contributed by atoms with E-state index >= 15 is 0 Å². The number of esters is 2. The zero-order valence-electron chi connectivity index (χ0n) is 13.0. The van der Waals surface area contributed by atoms with Crippen molar-refractivity contribution in [2.24, 2.45) is 0 Å². The minimum atomic E-state index is -0.611. The quantitative estimate of drug-likeness (QED) is 0.527. The molecule has 0 saturated heterocycles. The van der Waals surface area contributed by atoms with Crippen LogP contribution in [0, 0.1) is 5.82 Å². The zero-order valence-corrected chi connectivity index (χ0v) is 13.0. The highest BCUT2D eigenvalue weighted by atomic mass is 19.1.